The normalized spacial score (nSPS) is 12.1. The molecule has 0 saturated heterocycles. The number of rotatable bonds is 9. The molecule has 26 heavy (non-hydrogen) atoms. The lowest BCUT2D eigenvalue weighted by Crippen LogP contribution is -2.16. The summed E-state index contributed by atoms with van der Waals surface area (Å²) in [6, 6.07) is 17.1. The Morgan fingerprint density at radius 2 is 1.73 bits per heavy atom. The summed E-state index contributed by atoms with van der Waals surface area (Å²) in [7, 11) is 0. The molecular weight excluding hydrogens is 324 g/mol. The van der Waals surface area contributed by atoms with E-state index >= 15 is 0 Å². The SMILES string of the molecule is CC=CC(=O)OC(CC)CCCc1ccccc1C(=O)c1ccccc1. The number of esters is 1. The largest absolute Gasteiger partial charge is 0.459 e. The lowest BCUT2D eigenvalue weighted by molar-refractivity contribution is -0.143. The summed E-state index contributed by atoms with van der Waals surface area (Å²) in [5, 5.41) is 0. The Bertz CT molecular complexity index is 747. The van der Waals surface area contributed by atoms with Crippen molar-refractivity contribution in [2.75, 3.05) is 0 Å². The van der Waals surface area contributed by atoms with Gasteiger partial charge in [-0.25, -0.2) is 4.79 Å². The van der Waals surface area contributed by atoms with Crippen molar-refractivity contribution in [1.82, 2.24) is 0 Å². The van der Waals surface area contributed by atoms with Crippen molar-refractivity contribution in [2.45, 2.75) is 45.6 Å². The summed E-state index contributed by atoms with van der Waals surface area (Å²) in [4.78, 5) is 24.4. The zero-order valence-electron chi connectivity index (χ0n) is 15.5. The van der Waals surface area contributed by atoms with Gasteiger partial charge in [0.25, 0.3) is 0 Å². The van der Waals surface area contributed by atoms with E-state index in [4.69, 9.17) is 4.74 Å². The Kier molecular flexibility index (Phi) is 7.81. The van der Waals surface area contributed by atoms with Crippen LogP contribution in [0.25, 0.3) is 0 Å². The quantitative estimate of drug-likeness (QED) is 0.357. The minimum absolute atomic E-state index is 0.0488. The highest BCUT2D eigenvalue weighted by Gasteiger charge is 2.14. The molecule has 3 heteroatoms. The molecule has 0 bridgehead atoms. The van der Waals surface area contributed by atoms with Crippen molar-refractivity contribution in [3.05, 3.63) is 83.4 Å². The van der Waals surface area contributed by atoms with Crippen LogP contribution in [0.1, 0.15) is 54.6 Å². The van der Waals surface area contributed by atoms with Crippen LogP contribution < -0.4 is 0 Å². The minimum atomic E-state index is -0.293. The summed E-state index contributed by atoms with van der Waals surface area (Å²) >= 11 is 0. The van der Waals surface area contributed by atoms with Gasteiger partial charge in [-0.05, 0) is 38.2 Å². The minimum Gasteiger partial charge on any atom is -0.459 e. The van der Waals surface area contributed by atoms with Gasteiger partial charge in [-0.15, -0.1) is 0 Å². The molecule has 136 valence electrons. The van der Waals surface area contributed by atoms with Crippen molar-refractivity contribution in [1.29, 1.82) is 0 Å². The molecule has 0 fully saturated rings. The highest BCUT2D eigenvalue weighted by molar-refractivity contribution is 6.09. The van der Waals surface area contributed by atoms with Crippen LogP contribution in [0.2, 0.25) is 0 Å². The van der Waals surface area contributed by atoms with Crippen LogP contribution in [0.3, 0.4) is 0 Å². The number of aryl methyl sites for hydroxylation is 1. The molecule has 0 saturated carbocycles. The van der Waals surface area contributed by atoms with E-state index in [2.05, 4.69) is 0 Å². The van der Waals surface area contributed by atoms with Gasteiger partial charge in [-0.1, -0.05) is 67.6 Å². The van der Waals surface area contributed by atoms with E-state index in [0.717, 1.165) is 36.8 Å². The number of hydrogen-bond donors (Lipinski definition) is 0. The second kappa shape index (κ2) is 10.3. The van der Waals surface area contributed by atoms with Crippen LogP contribution in [0.15, 0.2) is 66.7 Å². The predicted molar refractivity (Wildman–Crippen MR) is 104 cm³/mol. The van der Waals surface area contributed by atoms with Gasteiger partial charge in [0.15, 0.2) is 5.78 Å². The highest BCUT2D eigenvalue weighted by atomic mass is 16.5. The van der Waals surface area contributed by atoms with Crippen LogP contribution in [-0.2, 0) is 16.0 Å². The van der Waals surface area contributed by atoms with Gasteiger partial charge in [0, 0.05) is 17.2 Å². The van der Waals surface area contributed by atoms with E-state index in [1.807, 2.05) is 61.5 Å². The first-order valence-electron chi connectivity index (χ1n) is 9.16. The topological polar surface area (TPSA) is 43.4 Å². The molecule has 0 aliphatic heterocycles. The van der Waals surface area contributed by atoms with Gasteiger partial charge in [-0.3, -0.25) is 4.79 Å². The van der Waals surface area contributed by atoms with Crippen LogP contribution in [0, 0.1) is 0 Å². The third kappa shape index (κ3) is 5.69. The van der Waals surface area contributed by atoms with Gasteiger partial charge >= 0.3 is 5.97 Å². The molecule has 3 nitrogen and oxygen atoms in total. The molecule has 0 N–H and O–H groups in total. The van der Waals surface area contributed by atoms with Crippen LogP contribution in [-0.4, -0.2) is 17.9 Å². The summed E-state index contributed by atoms with van der Waals surface area (Å²) in [6.45, 7) is 3.81. The standard InChI is InChI=1S/C23H26O3/c1-3-11-22(24)26-20(4-2)16-10-15-18-12-8-9-17-21(18)23(25)19-13-6-5-7-14-19/h3,5-9,11-14,17,20H,4,10,15-16H2,1-2H3. The van der Waals surface area contributed by atoms with E-state index in [1.54, 1.807) is 13.0 Å². The van der Waals surface area contributed by atoms with Crippen molar-refractivity contribution in [3.8, 4) is 0 Å². The van der Waals surface area contributed by atoms with Crippen molar-refractivity contribution < 1.29 is 14.3 Å². The Morgan fingerprint density at radius 1 is 1.04 bits per heavy atom. The van der Waals surface area contributed by atoms with Crippen LogP contribution in [0.4, 0.5) is 0 Å². The van der Waals surface area contributed by atoms with E-state index in [0.29, 0.717) is 5.56 Å². The van der Waals surface area contributed by atoms with Crippen molar-refractivity contribution in [2.24, 2.45) is 0 Å². The predicted octanol–water partition coefficient (Wildman–Crippen LogP) is 5.14. The molecule has 0 amide bonds. The Balaban J connectivity index is 2.00. The van der Waals surface area contributed by atoms with Crippen LogP contribution in [0.5, 0.6) is 0 Å². The number of carbonyl (C=O) groups is 2. The smallest absolute Gasteiger partial charge is 0.330 e. The Hall–Kier alpha value is -2.68. The van der Waals surface area contributed by atoms with Gasteiger partial charge < -0.3 is 4.74 Å². The van der Waals surface area contributed by atoms with Crippen molar-refractivity contribution in [3.63, 3.8) is 0 Å². The fourth-order valence-corrected chi connectivity index (χ4v) is 2.91. The maximum Gasteiger partial charge on any atom is 0.330 e. The summed E-state index contributed by atoms with van der Waals surface area (Å²) < 4.78 is 5.43. The van der Waals surface area contributed by atoms with E-state index in [-0.39, 0.29) is 17.9 Å². The number of ether oxygens (including phenoxy) is 1. The third-order valence-corrected chi connectivity index (χ3v) is 4.31. The zero-order valence-corrected chi connectivity index (χ0v) is 15.5. The Labute approximate surface area is 155 Å². The first kappa shape index (κ1) is 19.6. The number of carbonyl (C=O) groups excluding carboxylic acids is 2. The monoisotopic (exact) mass is 350 g/mol. The summed E-state index contributed by atoms with van der Waals surface area (Å²) in [5.41, 5.74) is 2.49. The van der Waals surface area contributed by atoms with E-state index in [9.17, 15) is 9.59 Å². The number of allylic oxidation sites excluding steroid dienone is 1. The highest BCUT2D eigenvalue weighted by Crippen LogP contribution is 2.18. The maximum absolute atomic E-state index is 12.8. The molecule has 0 aromatic heterocycles. The van der Waals surface area contributed by atoms with E-state index < -0.39 is 0 Å². The summed E-state index contributed by atoms with van der Waals surface area (Å²) in [5.74, 6) is -0.244. The molecule has 1 unspecified atom stereocenters. The van der Waals surface area contributed by atoms with Gasteiger partial charge in [0.05, 0.1) is 0 Å². The molecule has 2 rings (SSSR count). The first-order valence-corrected chi connectivity index (χ1v) is 9.16. The molecule has 1 atom stereocenters. The Morgan fingerprint density at radius 3 is 2.42 bits per heavy atom. The fraction of sp³-hybridized carbons (Fsp3) is 0.304. The first-order chi connectivity index (χ1) is 12.7. The molecule has 0 radical (unpaired) electrons. The number of benzene rings is 2. The second-order valence-corrected chi connectivity index (χ2v) is 6.21. The third-order valence-electron chi connectivity index (χ3n) is 4.31. The zero-order chi connectivity index (χ0) is 18.8. The average molecular weight is 350 g/mol. The molecule has 0 heterocycles. The number of hydrogen-bond acceptors (Lipinski definition) is 3. The summed E-state index contributed by atoms with van der Waals surface area (Å²) in [6.07, 6.45) is 6.25. The van der Waals surface area contributed by atoms with E-state index in [1.165, 1.54) is 6.08 Å². The fourth-order valence-electron chi connectivity index (χ4n) is 2.91. The van der Waals surface area contributed by atoms with Gasteiger partial charge in [0.1, 0.15) is 6.10 Å². The van der Waals surface area contributed by atoms with Crippen LogP contribution >= 0.6 is 0 Å². The van der Waals surface area contributed by atoms with Gasteiger partial charge in [-0.2, -0.15) is 0 Å². The molecular formula is C23H26O3. The average Bonchev–Trinajstić information content (AvgIpc) is 2.68. The second-order valence-electron chi connectivity index (χ2n) is 6.21. The molecule has 0 spiro atoms. The lowest BCUT2D eigenvalue weighted by atomic mass is 9.95. The molecule has 2 aromatic rings. The molecule has 2 aromatic carbocycles. The number of ketones is 1. The maximum atomic E-state index is 12.8. The molecule has 0 aliphatic carbocycles. The van der Waals surface area contributed by atoms with Gasteiger partial charge in [0.2, 0.25) is 0 Å². The molecule has 0 aliphatic rings. The lowest BCUT2D eigenvalue weighted by Gasteiger charge is -2.15. The van der Waals surface area contributed by atoms with Crippen molar-refractivity contribution >= 4 is 11.8 Å².